The molecule has 168 valence electrons. The Morgan fingerprint density at radius 2 is 1.80 bits per heavy atom. The fraction of sp³-hybridized carbons (Fsp3) is 0.783. The monoisotopic (exact) mass is 419 g/mol. The Labute approximate surface area is 179 Å². The van der Waals surface area contributed by atoms with Crippen molar-refractivity contribution >= 4 is 18.1 Å². The molecule has 2 fully saturated rings. The molecule has 0 aromatic heterocycles. The lowest BCUT2D eigenvalue weighted by atomic mass is 9.89. The maximum absolute atomic E-state index is 13.2. The summed E-state index contributed by atoms with van der Waals surface area (Å²) in [6.45, 7) is 4.41. The first-order valence-electron chi connectivity index (χ1n) is 11.5. The van der Waals surface area contributed by atoms with E-state index in [2.05, 4.69) is 17.5 Å². The molecule has 0 aromatic rings. The summed E-state index contributed by atoms with van der Waals surface area (Å²) in [5.41, 5.74) is 5.91. The Morgan fingerprint density at radius 1 is 1.13 bits per heavy atom. The zero-order chi connectivity index (χ0) is 21.7. The number of ether oxygens (including phenoxy) is 1. The Morgan fingerprint density at radius 3 is 2.47 bits per heavy atom. The number of nitrogens with zero attached hydrogens (tertiary/aromatic N) is 1. The highest BCUT2D eigenvalue weighted by Crippen LogP contribution is 2.43. The summed E-state index contributed by atoms with van der Waals surface area (Å²) in [4.78, 5) is 39.6. The first-order valence-corrected chi connectivity index (χ1v) is 11.5. The van der Waals surface area contributed by atoms with Crippen LogP contribution in [0.4, 0.5) is 0 Å². The van der Waals surface area contributed by atoms with Gasteiger partial charge in [0.2, 0.25) is 11.8 Å². The van der Waals surface area contributed by atoms with Crippen LogP contribution in [0.15, 0.2) is 12.2 Å². The largest absolute Gasteiger partial charge is 0.370 e. The van der Waals surface area contributed by atoms with Gasteiger partial charge >= 0.3 is 0 Å². The third-order valence-corrected chi connectivity index (χ3v) is 6.59. The third-order valence-electron chi connectivity index (χ3n) is 6.59. The zero-order valence-electron chi connectivity index (χ0n) is 18.3. The van der Waals surface area contributed by atoms with Crippen LogP contribution in [0.2, 0.25) is 0 Å². The lowest BCUT2D eigenvalue weighted by Gasteiger charge is -2.31. The van der Waals surface area contributed by atoms with Gasteiger partial charge in [-0.2, -0.15) is 0 Å². The molecule has 3 N–H and O–H groups in total. The first-order chi connectivity index (χ1) is 14.3. The van der Waals surface area contributed by atoms with Gasteiger partial charge < -0.3 is 25.5 Å². The number of aldehydes is 1. The number of rotatable bonds is 1. The molecule has 0 saturated carbocycles. The number of allylic oxidation sites excluding steroid dienone is 2. The minimum Gasteiger partial charge on any atom is -0.370 e. The van der Waals surface area contributed by atoms with E-state index in [0.29, 0.717) is 25.8 Å². The van der Waals surface area contributed by atoms with Crippen LogP contribution in [0.25, 0.3) is 0 Å². The van der Waals surface area contributed by atoms with E-state index in [0.717, 1.165) is 44.8 Å². The van der Waals surface area contributed by atoms with E-state index in [9.17, 15) is 14.4 Å². The van der Waals surface area contributed by atoms with Gasteiger partial charge in [-0.05, 0) is 58.8 Å². The average molecular weight is 420 g/mol. The van der Waals surface area contributed by atoms with Crippen LogP contribution in [0.3, 0.4) is 0 Å². The fourth-order valence-corrected chi connectivity index (χ4v) is 5.10. The first kappa shape index (κ1) is 22.9. The van der Waals surface area contributed by atoms with E-state index in [1.165, 1.54) is 0 Å². The van der Waals surface area contributed by atoms with Crippen molar-refractivity contribution in [2.24, 2.45) is 11.7 Å². The minimum absolute atomic E-state index is 0.0743. The number of amides is 2. The van der Waals surface area contributed by atoms with Crippen molar-refractivity contribution in [2.45, 2.75) is 101 Å². The Hall–Kier alpha value is -1.73. The van der Waals surface area contributed by atoms with Crippen LogP contribution in [0.5, 0.6) is 0 Å². The predicted molar refractivity (Wildman–Crippen MR) is 115 cm³/mol. The second-order valence-corrected chi connectivity index (χ2v) is 9.62. The summed E-state index contributed by atoms with van der Waals surface area (Å²) in [6.07, 6.45) is 12.6. The summed E-state index contributed by atoms with van der Waals surface area (Å²) < 4.78 is 6.14. The number of hydrogen-bond donors (Lipinski definition) is 2. The summed E-state index contributed by atoms with van der Waals surface area (Å²) in [5.74, 6) is -0.520. The molecule has 3 rings (SSSR count). The number of hydrogen-bond acceptors (Lipinski definition) is 5. The highest BCUT2D eigenvalue weighted by atomic mass is 16.5. The summed E-state index contributed by atoms with van der Waals surface area (Å²) in [5, 5.41) is 2.89. The molecule has 0 aromatic carbocycles. The topological polar surface area (TPSA) is 102 Å². The summed E-state index contributed by atoms with van der Waals surface area (Å²) in [6, 6.07) is -1.78. The minimum atomic E-state index is -0.630. The normalized spacial score (nSPS) is 36.0. The van der Waals surface area contributed by atoms with Crippen molar-refractivity contribution in [3.8, 4) is 0 Å². The molecule has 0 unspecified atom stereocenters. The van der Waals surface area contributed by atoms with Gasteiger partial charge in [-0.1, -0.05) is 25.0 Å². The molecule has 3 aliphatic heterocycles. The average Bonchev–Trinajstić information content (AvgIpc) is 3.18. The molecule has 3 aliphatic rings. The number of fused-ring (bicyclic) bond motifs is 3. The van der Waals surface area contributed by atoms with Gasteiger partial charge in [-0.15, -0.1) is 0 Å². The highest BCUT2D eigenvalue weighted by molar-refractivity contribution is 5.92. The Bertz CT molecular complexity index is 663. The summed E-state index contributed by atoms with van der Waals surface area (Å²) >= 11 is 0. The highest BCUT2D eigenvalue weighted by Gasteiger charge is 2.55. The van der Waals surface area contributed by atoms with Gasteiger partial charge in [-0.25, -0.2) is 0 Å². The van der Waals surface area contributed by atoms with Crippen molar-refractivity contribution in [2.75, 3.05) is 6.54 Å². The van der Waals surface area contributed by atoms with Crippen LogP contribution < -0.4 is 11.1 Å². The second-order valence-electron chi connectivity index (χ2n) is 9.62. The fourth-order valence-electron chi connectivity index (χ4n) is 5.10. The smallest absolute Gasteiger partial charge is 0.243 e. The summed E-state index contributed by atoms with van der Waals surface area (Å²) in [7, 11) is 0. The van der Waals surface area contributed by atoms with Gasteiger partial charge in [0.05, 0.1) is 23.8 Å². The molecule has 3 heterocycles. The quantitative estimate of drug-likeness (QED) is 0.500. The zero-order valence-corrected chi connectivity index (χ0v) is 18.3. The standard InChI is InChI=1S/C23H37N3O4/c1-23(2)13-17-19(30-23)14-26-20(17)21(28)25-16(15-27)11-9-7-5-3-4-6-8-10-12-18(24)22(26)29/h3-4,15-20H,5-14,24H2,1-2H3,(H,25,28)/t16-,17-,18-,19-,20-/m0/s1. The SMILES string of the molecule is CC1(C)C[C@H]2[C@H](CN3C(=O)[C@@H](N)CCCCC=CCCCC[C@@H](C=O)NC(=O)[C@H]23)O1. The van der Waals surface area contributed by atoms with E-state index < -0.39 is 18.1 Å². The Kier molecular flexibility index (Phi) is 7.69. The second kappa shape index (κ2) is 10.1. The molecular weight excluding hydrogens is 382 g/mol. The number of carbonyl (C=O) groups is 3. The van der Waals surface area contributed by atoms with E-state index in [-0.39, 0.29) is 29.4 Å². The van der Waals surface area contributed by atoms with Crippen molar-refractivity contribution in [3.05, 3.63) is 12.2 Å². The third kappa shape index (κ3) is 5.49. The van der Waals surface area contributed by atoms with Crippen molar-refractivity contribution in [1.82, 2.24) is 10.2 Å². The van der Waals surface area contributed by atoms with Crippen LogP contribution in [0, 0.1) is 5.92 Å². The van der Waals surface area contributed by atoms with Crippen LogP contribution in [-0.4, -0.2) is 59.4 Å². The van der Waals surface area contributed by atoms with Crippen molar-refractivity contribution < 1.29 is 19.1 Å². The molecule has 0 spiro atoms. The number of nitrogens with two attached hydrogens (primary N) is 1. The number of carbonyl (C=O) groups excluding carboxylic acids is 3. The van der Waals surface area contributed by atoms with E-state index in [1.54, 1.807) is 4.90 Å². The lowest BCUT2D eigenvalue weighted by Crippen LogP contribution is -2.55. The van der Waals surface area contributed by atoms with Gasteiger partial charge in [0.15, 0.2) is 0 Å². The number of nitrogens with one attached hydrogen (secondary N) is 1. The molecule has 7 heteroatoms. The van der Waals surface area contributed by atoms with Crippen molar-refractivity contribution in [1.29, 1.82) is 0 Å². The van der Waals surface area contributed by atoms with Gasteiger partial charge in [-0.3, -0.25) is 9.59 Å². The molecule has 2 saturated heterocycles. The van der Waals surface area contributed by atoms with Gasteiger partial charge in [0.25, 0.3) is 0 Å². The molecule has 0 bridgehead atoms. The Balaban J connectivity index is 1.79. The molecule has 2 amide bonds. The lowest BCUT2D eigenvalue weighted by molar-refractivity contribution is -0.141. The maximum atomic E-state index is 13.2. The van der Waals surface area contributed by atoms with Crippen LogP contribution >= 0.6 is 0 Å². The van der Waals surface area contributed by atoms with E-state index in [1.807, 2.05) is 13.8 Å². The van der Waals surface area contributed by atoms with Crippen LogP contribution in [-0.2, 0) is 19.1 Å². The molecule has 0 aliphatic carbocycles. The van der Waals surface area contributed by atoms with E-state index >= 15 is 0 Å². The molecular formula is C23H37N3O4. The molecule has 7 nitrogen and oxygen atoms in total. The van der Waals surface area contributed by atoms with Gasteiger partial charge in [0.1, 0.15) is 12.3 Å². The van der Waals surface area contributed by atoms with Gasteiger partial charge in [0, 0.05) is 12.5 Å². The van der Waals surface area contributed by atoms with Crippen LogP contribution in [0.1, 0.15) is 71.6 Å². The van der Waals surface area contributed by atoms with Crippen molar-refractivity contribution in [3.63, 3.8) is 0 Å². The maximum Gasteiger partial charge on any atom is 0.243 e. The molecule has 0 radical (unpaired) electrons. The molecule has 30 heavy (non-hydrogen) atoms. The van der Waals surface area contributed by atoms with E-state index in [4.69, 9.17) is 10.5 Å². The predicted octanol–water partition coefficient (Wildman–Crippen LogP) is 2.08. The molecule has 5 atom stereocenters.